The van der Waals surface area contributed by atoms with E-state index in [-0.39, 0.29) is 5.41 Å². The van der Waals surface area contributed by atoms with Gasteiger partial charge >= 0.3 is 0 Å². The van der Waals surface area contributed by atoms with Crippen molar-refractivity contribution in [2.75, 3.05) is 13.6 Å². The predicted molar refractivity (Wildman–Crippen MR) is 74.9 cm³/mol. The molecule has 1 aromatic heterocycles. The molecule has 0 radical (unpaired) electrons. The summed E-state index contributed by atoms with van der Waals surface area (Å²) in [4.78, 5) is 0. The van der Waals surface area contributed by atoms with Gasteiger partial charge in [0.25, 0.3) is 0 Å². The average molecular weight is 251 g/mol. The molecule has 0 unspecified atom stereocenters. The van der Waals surface area contributed by atoms with E-state index in [1.165, 1.54) is 10.9 Å². The number of benzene rings is 1. The largest absolute Gasteiger partial charge is 0.349 e. The van der Waals surface area contributed by atoms with Gasteiger partial charge in [-0.2, -0.15) is 0 Å². The topological polar surface area (TPSA) is 17.0 Å². The minimum atomic E-state index is 0.0962. The Hall–Kier alpha value is -0.990. The Labute approximate surface area is 108 Å². The summed E-state index contributed by atoms with van der Waals surface area (Å²) in [5.41, 5.74) is 2.55. The minimum Gasteiger partial charge on any atom is -0.349 e. The van der Waals surface area contributed by atoms with E-state index in [2.05, 4.69) is 36.0 Å². The van der Waals surface area contributed by atoms with Crippen molar-refractivity contribution in [1.29, 1.82) is 0 Å². The Bertz CT molecular complexity index is 540. The van der Waals surface area contributed by atoms with Crippen LogP contribution in [0.5, 0.6) is 0 Å². The van der Waals surface area contributed by atoms with Gasteiger partial charge in [-0.15, -0.1) is 0 Å². The van der Waals surface area contributed by atoms with Crippen molar-refractivity contribution in [3.8, 4) is 0 Å². The van der Waals surface area contributed by atoms with E-state index in [0.29, 0.717) is 0 Å². The molecule has 92 valence electrons. The quantitative estimate of drug-likeness (QED) is 0.884. The summed E-state index contributed by atoms with van der Waals surface area (Å²) in [6.07, 6.45) is 2.19. The zero-order valence-corrected chi connectivity index (χ0v) is 11.6. The molecular weight excluding hydrogens is 232 g/mol. The molecule has 0 aliphatic heterocycles. The monoisotopic (exact) mass is 250 g/mol. The molecule has 0 saturated heterocycles. The highest BCUT2D eigenvalue weighted by molar-refractivity contribution is 6.35. The van der Waals surface area contributed by atoms with Gasteiger partial charge < -0.3 is 9.88 Å². The molecule has 2 rings (SSSR count). The maximum atomic E-state index is 6.27. The van der Waals surface area contributed by atoms with E-state index in [0.717, 1.165) is 17.1 Å². The Morgan fingerprint density at radius 2 is 2.06 bits per heavy atom. The van der Waals surface area contributed by atoms with Crippen LogP contribution >= 0.6 is 11.6 Å². The molecule has 1 aromatic carbocycles. The lowest BCUT2D eigenvalue weighted by Crippen LogP contribution is -2.30. The van der Waals surface area contributed by atoms with E-state index >= 15 is 0 Å². The number of halogens is 1. The van der Waals surface area contributed by atoms with Crippen molar-refractivity contribution in [1.82, 2.24) is 9.88 Å². The second-order valence-corrected chi connectivity index (χ2v) is 5.61. The molecular formula is C14H19ClN2. The maximum absolute atomic E-state index is 6.27. The van der Waals surface area contributed by atoms with E-state index in [1.54, 1.807) is 0 Å². The van der Waals surface area contributed by atoms with Crippen LogP contribution < -0.4 is 5.32 Å². The summed E-state index contributed by atoms with van der Waals surface area (Å²) >= 11 is 6.27. The van der Waals surface area contributed by atoms with Gasteiger partial charge in [0, 0.05) is 30.6 Å². The smallest absolute Gasteiger partial charge is 0.0670 e. The van der Waals surface area contributed by atoms with Crippen LogP contribution in [0.2, 0.25) is 5.02 Å². The first kappa shape index (κ1) is 12.5. The normalized spacial score (nSPS) is 12.3. The molecule has 0 aliphatic rings. The molecule has 0 bridgehead atoms. The summed E-state index contributed by atoms with van der Waals surface area (Å²) in [5.74, 6) is 0. The van der Waals surface area contributed by atoms with E-state index in [9.17, 15) is 0 Å². The predicted octanol–water partition coefficient (Wildman–Crippen LogP) is 3.33. The molecule has 2 nitrogen and oxygen atoms in total. The fraction of sp³-hybridized carbons (Fsp3) is 0.429. The maximum Gasteiger partial charge on any atom is 0.0670 e. The average Bonchev–Trinajstić information content (AvgIpc) is 2.58. The zero-order valence-electron chi connectivity index (χ0n) is 10.8. The lowest BCUT2D eigenvalue weighted by atomic mass is 9.84. The van der Waals surface area contributed by atoms with Gasteiger partial charge in [-0.05, 0) is 18.7 Å². The Balaban J connectivity index is 2.68. The summed E-state index contributed by atoms with van der Waals surface area (Å²) in [6.45, 7) is 5.44. The fourth-order valence-electron chi connectivity index (χ4n) is 2.50. The van der Waals surface area contributed by atoms with Crippen LogP contribution in [0.25, 0.3) is 10.9 Å². The third-order valence-corrected chi connectivity index (χ3v) is 3.61. The highest BCUT2D eigenvalue weighted by Gasteiger charge is 2.24. The van der Waals surface area contributed by atoms with E-state index in [4.69, 9.17) is 11.6 Å². The molecule has 3 heteroatoms. The van der Waals surface area contributed by atoms with E-state index < -0.39 is 0 Å². The molecule has 0 saturated carbocycles. The molecule has 0 aliphatic carbocycles. The van der Waals surface area contributed by atoms with Crippen LogP contribution in [0, 0.1) is 0 Å². The molecule has 0 fully saturated rings. The molecule has 2 aromatic rings. The Morgan fingerprint density at radius 3 is 2.71 bits per heavy atom. The fourth-order valence-corrected chi connectivity index (χ4v) is 2.80. The molecule has 0 amide bonds. The van der Waals surface area contributed by atoms with Crippen LogP contribution in [0.1, 0.15) is 19.4 Å². The molecule has 1 heterocycles. The number of fused-ring (bicyclic) bond motifs is 1. The first-order valence-corrected chi connectivity index (χ1v) is 6.24. The number of hydrogen-bond acceptors (Lipinski definition) is 1. The van der Waals surface area contributed by atoms with Crippen LogP contribution in [0.4, 0.5) is 0 Å². The second-order valence-electron chi connectivity index (χ2n) is 5.20. The van der Waals surface area contributed by atoms with Crippen LogP contribution in [0.15, 0.2) is 24.4 Å². The van der Waals surface area contributed by atoms with Crippen molar-refractivity contribution in [3.63, 3.8) is 0 Å². The molecule has 0 spiro atoms. The first-order chi connectivity index (χ1) is 7.97. The van der Waals surface area contributed by atoms with Crippen molar-refractivity contribution >= 4 is 22.5 Å². The number of aryl methyl sites for hydroxylation is 1. The highest BCUT2D eigenvalue weighted by Crippen LogP contribution is 2.34. The van der Waals surface area contributed by atoms with Crippen molar-refractivity contribution in [2.45, 2.75) is 19.3 Å². The van der Waals surface area contributed by atoms with Crippen LogP contribution in [-0.2, 0) is 12.5 Å². The van der Waals surface area contributed by atoms with Gasteiger partial charge in [0.2, 0.25) is 0 Å². The number of likely N-dealkylation sites (N-methyl/N-ethyl adjacent to an activating group) is 1. The van der Waals surface area contributed by atoms with E-state index in [1.807, 2.05) is 26.2 Å². The summed E-state index contributed by atoms with van der Waals surface area (Å²) in [7, 11) is 4.03. The lowest BCUT2D eigenvalue weighted by molar-refractivity contribution is 0.496. The standard InChI is InChI=1S/C14H19ClN2/c1-14(2,9-16-3)11-8-17(4)13-10(11)6-5-7-12(13)15/h5-8,16H,9H2,1-4H3. The minimum absolute atomic E-state index is 0.0962. The number of rotatable bonds is 3. The van der Waals surface area contributed by atoms with Gasteiger partial charge in [0.1, 0.15) is 0 Å². The van der Waals surface area contributed by atoms with Gasteiger partial charge in [-0.1, -0.05) is 37.6 Å². The number of para-hydroxylation sites is 1. The molecule has 17 heavy (non-hydrogen) atoms. The summed E-state index contributed by atoms with van der Waals surface area (Å²) < 4.78 is 2.12. The zero-order chi connectivity index (χ0) is 12.6. The van der Waals surface area contributed by atoms with Gasteiger partial charge in [-0.3, -0.25) is 0 Å². The molecule has 0 atom stereocenters. The summed E-state index contributed by atoms with van der Waals surface area (Å²) in [5, 5.41) is 5.32. The van der Waals surface area contributed by atoms with Crippen molar-refractivity contribution < 1.29 is 0 Å². The third kappa shape index (κ3) is 2.07. The summed E-state index contributed by atoms with van der Waals surface area (Å²) in [6, 6.07) is 6.11. The lowest BCUT2D eigenvalue weighted by Gasteiger charge is -2.24. The number of nitrogens with zero attached hydrogens (tertiary/aromatic N) is 1. The Kier molecular flexibility index (Phi) is 3.19. The number of hydrogen-bond donors (Lipinski definition) is 1. The van der Waals surface area contributed by atoms with Gasteiger partial charge in [0.15, 0.2) is 0 Å². The van der Waals surface area contributed by atoms with Gasteiger partial charge in [-0.25, -0.2) is 0 Å². The SMILES string of the molecule is CNCC(C)(C)c1cn(C)c2c(Cl)cccc12. The van der Waals surface area contributed by atoms with Crippen molar-refractivity contribution in [3.05, 3.63) is 35.0 Å². The molecule has 1 N–H and O–H groups in total. The second kappa shape index (κ2) is 4.35. The van der Waals surface area contributed by atoms with Crippen LogP contribution in [-0.4, -0.2) is 18.2 Å². The van der Waals surface area contributed by atoms with Gasteiger partial charge in [0.05, 0.1) is 10.5 Å². The third-order valence-electron chi connectivity index (χ3n) is 3.30. The number of nitrogens with one attached hydrogen (secondary N) is 1. The first-order valence-electron chi connectivity index (χ1n) is 5.86. The van der Waals surface area contributed by atoms with Crippen molar-refractivity contribution in [2.24, 2.45) is 7.05 Å². The number of aromatic nitrogens is 1. The van der Waals surface area contributed by atoms with Crippen LogP contribution in [0.3, 0.4) is 0 Å². The Morgan fingerprint density at radius 1 is 1.35 bits per heavy atom. The highest BCUT2D eigenvalue weighted by atomic mass is 35.5.